The summed E-state index contributed by atoms with van der Waals surface area (Å²) in [6.45, 7) is 2.83. The molecule has 0 radical (unpaired) electrons. The Bertz CT molecular complexity index is 441. The molecule has 1 saturated heterocycles. The number of hydrogen-bond donors (Lipinski definition) is 0. The fraction of sp³-hybridized carbons (Fsp3) is 0.500. The van der Waals surface area contributed by atoms with E-state index in [1.165, 1.54) is 0 Å². The van der Waals surface area contributed by atoms with E-state index in [2.05, 4.69) is 6.92 Å². The smallest absolute Gasteiger partial charge is 0.223 e. The van der Waals surface area contributed by atoms with E-state index in [-0.39, 0.29) is 17.7 Å². The first-order valence-electron chi connectivity index (χ1n) is 7.12. The predicted molar refractivity (Wildman–Crippen MR) is 75.0 cm³/mol. The Hall–Kier alpha value is -1.64. The van der Waals surface area contributed by atoms with Crippen LogP contribution in [0.5, 0.6) is 0 Å². The minimum Gasteiger partial charge on any atom is -0.332 e. The van der Waals surface area contributed by atoms with Crippen molar-refractivity contribution in [2.24, 2.45) is 0 Å². The summed E-state index contributed by atoms with van der Waals surface area (Å²) in [6, 6.07) is 9.05. The molecule has 2 rings (SSSR count). The molecule has 19 heavy (non-hydrogen) atoms. The molecule has 0 aliphatic carbocycles. The van der Waals surface area contributed by atoms with E-state index in [9.17, 15) is 9.59 Å². The monoisotopic (exact) mass is 259 g/mol. The molecule has 0 aromatic heterocycles. The van der Waals surface area contributed by atoms with E-state index >= 15 is 0 Å². The van der Waals surface area contributed by atoms with Gasteiger partial charge in [0.05, 0.1) is 6.04 Å². The molecule has 1 atom stereocenters. The number of carbonyl (C=O) groups is 2. The SMILES string of the molecule is CCCCC(C(=O)c1ccccc1)N1CCCC1=O. The van der Waals surface area contributed by atoms with Gasteiger partial charge in [-0.1, -0.05) is 50.1 Å². The second-order valence-electron chi connectivity index (χ2n) is 5.08. The number of hydrogen-bond acceptors (Lipinski definition) is 2. The first-order valence-corrected chi connectivity index (χ1v) is 7.12. The number of rotatable bonds is 6. The average Bonchev–Trinajstić information content (AvgIpc) is 2.86. The van der Waals surface area contributed by atoms with Gasteiger partial charge >= 0.3 is 0 Å². The lowest BCUT2D eigenvalue weighted by Gasteiger charge is -2.26. The Morgan fingerprint density at radius 2 is 2.05 bits per heavy atom. The maximum absolute atomic E-state index is 12.6. The third-order valence-electron chi connectivity index (χ3n) is 3.68. The van der Waals surface area contributed by atoms with Crippen LogP contribution >= 0.6 is 0 Å². The highest BCUT2D eigenvalue weighted by molar-refractivity contribution is 6.02. The second kappa shape index (κ2) is 6.50. The Morgan fingerprint density at radius 3 is 2.63 bits per heavy atom. The number of ketones is 1. The number of likely N-dealkylation sites (tertiary alicyclic amines) is 1. The Kier molecular flexibility index (Phi) is 4.72. The minimum atomic E-state index is -0.266. The van der Waals surface area contributed by atoms with Crippen molar-refractivity contribution in [2.75, 3.05) is 6.54 Å². The number of amides is 1. The normalized spacial score (nSPS) is 16.7. The molecule has 1 unspecified atom stereocenters. The lowest BCUT2D eigenvalue weighted by Crippen LogP contribution is -2.42. The molecule has 0 spiro atoms. The molecule has 0 N–H and O–H groups in total. The third kappa shape index (κ3) is 3.22. The molecule has 0 saturated carbocycles. The van der Waals surface area contributed by atoms with E-state index in [4.69, 9.17) is 0 Å². The van der Waals surface area contributed by atoms with Gasteiger partial charge in [-0.15, -0.1) is 0 Å². The molecule has 1 fully saturated rings. The summed E-state index contributed by atoms with van der Waals surface area (Å²) in [5, 5.41) is 0. The lowest BCUT2D eigenvalue weighted by atomic mass is 9.98. The van der Waals surface area contributed by atoms with E-state index in [1.807, 2.05) is 30.3 Å². The molecule has 1 aromatic rings. The Balaban J connectivity index is 2.17. The van der Waals surface area contributed by atoms with Crippen molar-refractivity contribution in [3.63, 3.8) is 0 Å². The van der Waals surface area contributed by atoms with Crippen LogP contribution in [0.1, 0.15) is 49.4 Å². The molecule has 1 aromatic carbocycles. The highest BCUT2D eigenvalue weighted by Crippen LogP contribution is 2.21. The van der Waals surface area contributed by atoms with Crippen LogP contribution in [0.15, 0.2) is 30.3 Å². The Labute approximate surface area is 114 Å². The molecule has 1 aliphatic rings. The van der Waals surface area contributed by atoms with Crippen LogP contribution in [-0.4, -0.2) is 29.2 Å². The number of unbranched alkanes of at least 4 members (excludes halogenated alkanes) is 1. The van der Waals surface area contributed by atoms with Crippen LogP contribution in [0.2, 0.25) is 0 Å². The van der Waals surface area contributed by atoms with Crippen LogP contribution in [-0.2, 0) is 4.79 Å². The standard InChI is InChI=1S/C16H21NO2/c1-2-3-10-14(17-12-7-11-15(17)18)16(19)13-8-5-4-6-9-13/h4-6,8-9,14H,2-3,7,10-12H2,1H3. The maximum atomic E-state index is 12.6. The van der Waals surface area contributed by atoms with Crippen molar-refractivity contribution in [2.45, 2.75) is 45.1 Å². The zero-order valence-corrected chi connectivity index (χ0v) is 11.5. The van der Waals surface area contributed by atoms with Gasteiger partial charge in [0.2, 0.25) is 5.91 Å². The number of nitrogens with zero attached hydrogens (tertiary/aromatic N) is 1. The molecule has 3 nitrogen and oxygen atoms in total. The average molecular weight is 259 g/mol. The quantitative estimate of drug-likeness (QED) is 0.736. The van der Waals surface area contributed by atoms with Gasteiger partial charge in [-0.3, -0.25) is 9.59 Å². The van der Waals surface area contributed by atoms with Crippen LogP contribution < -0.4 is 0 Å². The highest BCUT2D eigenvalue weighted by Gasteiger charge is 2.32. The largest absolute Gasteiger partial charge is 0.332 e. The van der Waals surface area contributed by atoms with E-state index in [0.29, 0.717) is 12.0 Å². The van der Waals surface area contributed by atoms with E-state index in [1.54, 1.807) is 4.90 Å². The number of benzene rings is 1. The molecule has 1 aliphatic heterocycles. The molecule has 3 heteroatoms. The molecular formula is C16H21NO2. The third-order valence-corrected chi connectivity index (χ3v) is 3.68. The lowest BCUT2D eigenvalue weighted by molar-refractivity contribution is -0.129. The fourth-order valence-corrected chi connectivity index (χ4v) is 2.62. The Morgan fingerprint density at radius 1 is 1.32 bits per heavy atom. The van der Waals surface area contributed by atoms with Crippen molar-refractivity contribution < 1.29 is 9.59 Å². The minimum absolute atomic E-state index is 0.0873. The van der Waals surface area contributed by atoms with Gasteiger partial charge in [0.15, 0.2) is 5.78 Å². The van der Waals surface area contributed by atoms with Gasteiger partial charge in [-0.2, -0.15) is 0 Å². The summed E-state index contributed by atoms with van der Waals surface area (Å²) in [7, 11) is 0. The number of carbonyl (C=O) groups excluding carboxylic acids is 2. The van der Waals surface area contributed by atoms with Gasteiger partial charge < -0.3 is 4.90 Å². The fourth-order valence-electron chi connectivity index (χ4n) is 2.62. The molecule has 102 valence electrons. The molecule has 1 amide bonds. The summed E-state index contributed by atoms with van der Waals surface area (Å²) < 4.78 is 0. The van der Waals surface area contributed by atoms with Crippen molar-refractivity contribution in [1.82, 2.24) is 4.90 Å². The van der Waals surface area contributed by atoms with E-state index in [0.717, 1.165) is 32.2 Å². The maximum Gasteiger partial charge on any atom is 0.223 e. The molecule has 0 bridgehead atoms. The zero-order chi connectivity index (χ0) is 13.7. The van der Waals surface area contributed by atoms with Crippen molar-refractivity contribution in [1.29, 1.82) is 0 Å². The van der Waals surface area contributed by atoms with Crippen molar-refractivity contribution >= 4 is 11.7 Å². The molecular weight excluding hydrogens is 238 g/mol. The van der Waals surface area contributed by atoms with Crippen LogP contribution in [0.25, 0.3) is 0 Å². The summed E-state index contributed by atoms with van der Waals surface area (Å²) >= 11 is 0. The summed E-state index contributed by atoms with van der Waals surface area (Å²) in [4.78, 5) is 26.3. The van der Waals surface area contributed by atoms with Crippen molar-refractivity contribution in [3.8, 4) is 0 Å². The van der Waals surface area contributed by atoms with Gasteiger partial charge in [-0.05, 0) is 12.8 Å². The molecule has 1 heterocycles. The summed E-state index contributed by atoms with van der Waals surface area (Å²) in [6.07, 6.45) is 4.26. The predicted octanol–water partition coefficient (Wildman–Crippen LogP) is 3.05. The van der Waals surface area contributed by atoms with Crippen molar-refractivity contribution in [3.05, 3.63) is 35.9 Å². The van der Waals surface area contributed by atoms with E-state index < -0.39 is 0 Å². The van der Waals surface area contributed by atoms with Gasteiger partial charge in [0.25, 0.3) is 0 Å². The van der Waals surface area contributed by atoms with Gasteiger partial charge in [0.1, 0.15) is 0 Å². The zero-order valence-electron chi connectivity index (χ0n) is 11.5. The van der Waals surface area contributed by atoms with Crippen LogP contribution in [0, 0.1) is 0 Å². The van der Waals surface area contributed by atoms with Gasteiger partial charge in [-0.25, -0.2) is 0 Å². The second-order valence-corrected chi connectivity index (χ2v) is 5.08. The van der Waals surface area contributed by atoms with Gasteiger partial charge in [0, 0.05) is 18.5 Å². The van der Waals surface area contributed by atoms with Crippen LogP contribution in [0.4, 0.5) is 0 Å². The van der Waals surface area contributed by atoms with Crippen LogP contribution in [0.3, 0.4) is 0 Å². The number of Topliss-reactive ketones (excluding diaryl/α,β-unsaturated/α-hetero) is 1. The topological polar surface area (TPSA) is 37.4 Å². The first-order chi connectivity index (χ1) is 9.24. The summed E-state index contributed by atoms with van der Waals surface area (Å²) in [5.74, 6) is 0.217. The summed E-state index contributed by atoms with van der Waals surface area (Å²) in [5.41, 5.74) is 0.711. The first kappa shape index (κ1) is 13.8. The highest BCUT2D eigenvalue weighted by atomic mass is 16.2.